The van der Waals surface area contributed by atoms with Gasteiger partial charge in [0.25, 0.3) is 5.91 Å². The standard InChI is InChI=1S/C23H26N2O5S/c1-15-7-10-20(31(28,29)24-19-8-9-19)13-21(15)23(27)30-16(2)22(26)25-12-11-17-5-3-4-6-18(17)14-25/h3-7,10,13,16,19,24H,8-9,11-12,14H2,1-2H3. The minimum Gasteiger partial charge on any atom is -0.449 e. The zero-order valence-electron chi connectivity index (χ0n) is 17.6. The van der Waals surface area contributed by atoms with Crippen molar-refractivity contribution in [3.63, 3.8) is 0 Å². The number of nitrogens with one attached hydrogen (secondary N) is 1. The van der Waals surface area contributed by atoms with Crippen LogP contribution < -0.4 is 4.72 Å². The summed E-state index contributed by atoms with van der Waals surface area (Å²) in [6.45, 7) is 4.30. The summed E-state index contributed by atoms with van der Waals surface area (Å²) >= 11 is 0. The predicted octanol–water partition coefficient (Wildman–Crippen LogP) is 2.57. The normalized spacial score (nSPS) is 17.0. The lowest BCUT2D eigenvalue weighted by atomic mass is 9.99. The molecule has 0 bridgehead atoms. The van der Waals surface area contributed by atoms with Crippen LogP contribution in [0, 0.1) is 6.92 Å². The Hall–Kier alpha value is -2.71. The zero-order valence-corrected chi connectivity index (χ0v) is 18.4. The van der Waals surface area contributed by atoms with Gasteiger partial charge in [0, 0.05) is 19.1 Å². The average Bonchev–Trinajstić information content (AvgIpc) is 3.56. The molecule has 0 radical (unpaired) electrons. The van der Waals surface area contributed by atoms with Crippen LogP contribution in [-0.4, -0.2) is 43.9 Å². The molecule has 8 heteroatoms. The molecule has 164 valence electrons. The molecule has 7 nitrogen and oxygen atoms in total. The summed E-state index contributed by atoms with van der Waals surface area (Å²) in [5.41, 5.74) is 3.05. The van der Waals surface area contributed by atoms with Gasteiger partial charge in [-0.3, -0.25) is 4.79 Å². The molecule has 1 heterocycles. The number of esters is 1. The molecule has 2 aromatic rings. The number of rotatable bonds is 6. The third-order valence-electron chi connectivity index (χ3n) is 5.71. The Morgan fingerprint density at radius 2 is 1.84 bits per heavy atom. The summed E-state index contributed by atoms with van der Waals surface area (Å²) in [5, 5.41) is 0. The van der Waals surface area contributed by atoms with Crippen LogP contribution in [0.4, 0.5) is 0 Å². The van der Waals surface area contributed by atoms with E-state index in [2.05, 4.69) is 10.8 Å². The molecule has 2 aliphatic rings. The summed E-state index contributed by atoms with van der Waals surface area (Å²) in [6, 6.07) is 12.3. The number of ether oxygens (including phenoxy) is 1. The zero-order chi connectivity index (χ0) is 22.2. The number of amides is 1. The van der Waals surface area contributed by atoms with Crippen LogP contribution in [0.2, 0.25) is 0 Å². The maximum Gasteiger partial charge on any atom is 0.339 e. The smallest absolute Gasteiger partial charge is 0.339 e. The molecular weight excluding hydrogens is 416 g/mol. The van der Waals surface area contributed by atoms with Gasteiger partial charge in [-0.25, -0.2) is 17.9 Å². The Kier molecular flexibility index (Phi) is 5.85. The van der Waals surface area contributed by atoms with E-state index in [4.69, 9.17) is 4.74 Å². The number of carbonyl (C=O) groups is 2. The monoisotopic (exact) mass is 442 g/mol. The predicted molar refractivity (Wildman–Crippen MR) is 115 cm³/mol. The fourth-order valence-corrected chi connectivity index (χ4v) is 5.02. The number of benzene rings is 2. The highest BCUT2D eigenvalue weighted by Gasteiger charge is 2.30. The van der Waals surface area contributed by atoms with Crippen molar-refractivity contribution in [2.45, 2.75) is 56.7 Å². The molecule has 0 saturated heterocycles. The van der Waals surface area contributed by atoms with Gasteiger partial charge in [0.05, 0.1) is 10.5 Å². The molecule has 1 amide bonds. The summed E-state index contributed by atoms with van der Waals surface area (Å²) in [4.78, 5) is 27.3. The van der Waals surface area contributed by atoms with Crippen LogP contribution in [0.1, 0.15) is 46.8 Å². The van der Waals surface area contributed by atoms with Gasteiger partial charge in [0.15, 0.2) is 6.10 Å². The first-order valence-corrected chi connectivity index (χ1v) is 11.9. The van der Waals surface area contributed by atoms with Gasteiger partial charge in [-0.1, -0.05) is 30.3 Å². The average molecular weight is 443 g/mol. The molecule has 1 aliphatic carbocycles. The van der Waals surface area contributed by atoms with Crippen LogP contribution in [0.15, 0.2) is 47.4 Å². The van der Waals surface area contributed by atoms with Gasteiger partial charge in [-0.05, 0) is 61.9 Å². The van der Waals surface area contributed by atoms with Crippen LogP contribution in [0.3, 0.4) is 0 Å². The number of fused-ring (bicyclic) bond motifs is 1. The quantitative estimate of drug-likeness (QED) is 0.694. The van der Waals surface area contributed by atoms with Crippen molar-refractivity contribution in [2.24, 2.45) is 0 Å². The van der Waals surface area contributed by atoms with E-state index in [9.17, 15) is 18.0 Å². The Morgan fingerprint density at radius 3 is 2.55 bits per heavy atom. The van der Waals surface area contributed by atoms with Gasteiger partial charge < -0.3 is 9.64 Å². The fourth-order valence-electron chi connectivity index (χ4n) is 3.69. The summed E-state index contributed by atoms with van der Waals surface area (Å²) in [5.74, 6) is -0.973. The first kappa shape index (κ1) is 21.5. The second-order valence-corrected chi connectivity index (χ2v) is 9.91. The lowest BCUT2D eigenvalue weighted by Crippen LogP contribution is -2.42. The van der Waals surface area contributed by atoms with Crippen molar-refractivity contribution in [3.05, 3.63) is 64.7 Å². The largest absolute Gasteiger partial charge is 0.449 e. The van der Waals surface area contributed by atoms with Crippen molar-refractivity contribution in [3.8, 4) is 0 Å². The second kappa shape index (κ2) is 8.43. The minimum atomic E-state index is -3.69. The van der Waals surface area contributed by atoms with E-state index >= 15 is 0 Å². The highest BCUT2D eigenvalue weighted by molar-refractivity contribution is 7.89. The van der Waals surface area contributed by atoms with Gasteiger partial charge in [-0.15, -0.1) is 0 Å². The van der Waals surface area contributed by atoms with E-state index in [1.165, 1.54) is 17.7 Å². The Bertz CT molecular complexity index is 1120. The first-order chi connectivity index (χ1) is 14.7. The highest BCUT2D eigenvalue weighted by atomic mass is 32.2. The van der Waals surface area contributed by atoms with E-state index in [1.54, 1.807) is 24.8 Å². The van der Waals surface area contributed by atoms with Crippen molar-refractivity contribution in [1.29, 1.82) is 0 Å². The Morgan fingerprint density at radius 1 is 1.13 bits per heavy atom. The summed E-state index contributed by atoms with van der Waals surface area (Å²) < 4.78 is 33.0. The van der Waals surface area contributed by atoms with Crippen LogP contribution in [0.5, 0.6) is 0 Å². The van der Waals surface area contributed by atoms with E-state index in [0.29, 0.717) is 18.7 Å². The van der Waals surface area contributed by atoms with Crippen molar-refractivity contribution in [1.82, 2.24) is 9.62 Å². The van der Waals surface area contributed by atoms with Gasteiger partial charge in [0.1, 0.15) is 0 Å². The molecule has 1 unspecified atom stereocenters. The number of aryl methyl sites for hydroxylation is 1. The van der Waals surface area contributed by atoms with E-state index in [0.717, 1.165) is 24.8 Å². The van der Waals surface area contributed by atoms with E-state index in [1.807, 2.05) is 18.2 Å². The molecule has 31 heavy (non-hydrogen) atoms. The molecule has 1 atom stereocenters. The van der Waals surface area contributed by atoms with Crippen LogP contribution in [0.25, 0.3) is 0 Å². The molecule has 4 rings (SSSR count). The Labute approximate surface area is 182 Å². The number of nitrogens with zero attached hydrogens (tertiary/aromatic N) is 1. The molecule has 0 aromatic heterocycles. The number of hydrogen-bond acceptors (Lipinski definition) is 5. The van der Waals surface area contributed by atoms with Crippen molar-refractivity contribution in [2.75, 3.05) is 6.54 Å². The number of sulfonamides is 1. The molecular formula is C23H26N2O5S. The third-order valence-corrected chi connectivity index (χ3v) is 7.23. The molecule has 1 N–H and O–H groups in total. The maximum atomic E-state index is 12.9. The van der Waals surface area contributed by atoms with Gasteiger partial charge in [-0.2, -0.15) is 0 Å². The summed E-state index contributed by atoms with van der Waals surface area (Å²) in [6.07, 6.45) is 1.43. The molecule has 2 aromatic carbocycles. The Balaban J connectivity index is 1.45. The fraction of sp³-hybridized carbons (Fsp3) is 0.391. The molecule has 1 aliphatic heterocycles. The van der Waals surface area contributed by atoms with Gasteiger partial charge >= 0.3 is 5.97 Å². The number of hydrogen-bond donors (Lipinski definition) is 1. The first-order valence-electron chi connectivity index (χ1n) is 10.4. The van der Waals surface area contributed by atoms with Crippen molar-refractivity contribution >= 4 is 21.9 Å². The molecule has 0 spiro atoms. The molecule has 1 saturated carbocycles. The molecule has 1 fully saturated rings. The lowest BCUT2D eigenvalue weighted by molar-refractivity contribution is -0.140. The van der Waals surface area contributed by atoms with Crippen molar-refractivity contribution < 1.29 is 22.7 Å². The SMILES string of the molecule is Cc1ccc(S(=O)(=O)NC2CC2)cc1C(=O)OC(C)C(=O)N1CCc2ccccc2C1. The highest BCUT2D eigenvalue weighted by Crippen LogP contribution is 2.24. The minimum absolute atomic E-state index is 0.0172. The van der Waals surface area contributed by atoms with Crippen LogP contribution >= 0.6 is 0 Å². The van der Waals surface area contributed by atoms with Gasteiger partial charge in [0.2, 0.25) is 10.0 Å². The lowest BCUT2D eigenvalue weighted by Gasteiger charge is -2.30. The number of carbonyl (C=O) groups excluding carboxylic acids is 2. The summed E-state index contributed by atoms with van der Waals surface area (Å²) in [7, 11) is -3.69. The second-order valence-electron chi connectivity index (χ2n) is 8.20. The van der Waals surface area contributed by atoms with Crippen LogP contribution in [-0.2, 0) is 32.5 Å². The third kappa shape index (κ3) is 4.80. The topological polar surface area (TPSA) is 92.8 Å². The van der Waals surface area contributed by atoms with E-state index < -0.39 is 22.1 Å². The maximum absolute atomic E-state index is 12.9. The van der Waals surface area contributed by atoms with E-state index in [-0.39, 0.29) is 22.4 Å².